The van der Waals surface area contributed by atoms with Crippen LogP contribution in [0.25, 0.3) is 0 Å². The summed E-state index contributed by atoms with van der Waals surface area (Å²) in [4.78, 5) is 0. The van der Waals surface area contributed by atoms with Crippen LogP contribution in [0.3, 0.4) is 0 Å². The Balaban J connectivity index is 2.99. The summed E-state index contributed by atoms with van der Waals surface area (Å²) < 4.78 is 0. The van der Waals surface area contributed by atoms with E-state index in [0.29, 0.717) is 0 Å². The summed E-state index contributed by atoms with van der Waals surface area (Å²) in [6.07, 6.45) is 18.5. The molecule has 0 heterocycles. The molecule has 0 nitrogen and oxygen atoms in total. The van der Waals surface area contributed by atoms with Gasteiger partial charge in [-0.2, -0.15) is 0 Å². The molecule has 0 aromatic heterocycles. The molecule has 0 aromatic carbocycles. The van der Waals surface area contributed by atoms with Crippen molar-refractivity contribution in [2.75, 3.05) is 0 Å². The van der Waals surface area contributed by atoms with E-state index in [9.17, 15) is 0 Å². The predicted molar refractivity (Wildman–Crippen MR) is 66.6 cm³/mol. The van der Waals surface area contributed by atoms with E-state index in [0.717, 1.165) is 0 Å². The minimum Gasteiger partial charge on any atom is -0.103 e. The normalized spacial score (nSPS) is 10.9. The summed E-state index contributed by atoms with van der Waals surface area (Å²) in [7, 11) is 0. The van der Waals surface area contributed by atoms with Crippen molar-refractivity contribution in [3.63, 3.8) is 0 Å². The molecule has 0 saturated heterocycles. The molecular weight excluding hydrogens is 168 g/mol. The van der Waals surface area contributed by atoms with Crippen LogP contribution in [0.5, 0.6) is 0 Å². The van der Waals surface area contributed by atoms with Crippen LogP contribution in [0.15, 0.2) is 24.8 Å². The van der Waals surface area contributed by atoms with Gasteiger partial charge in [-0.25, -0.2) is 0 Å². The molecule has 82 valence electrons. The maximum absolute atomic E-state index is 3.72. The SMILES string of the molecule is C=CCCCCC=CCCCCCC. The van der Waals surface area contributed by atoms with Gasteiger partial charge < -0.3 is 0 Å². The molecule has 0 unspecified atom stereocenters. The molecule has 0 aliphatic rings. The van der Waals surface area contributed by atoms with Crippen molar-refractivity contribution < 1.29 is 0 Å². The van der Waals surface area contributed by atoms with Gasteiger partial charge in [0.15, 0.2) is 0 Å². The molecule has 0 N–H and O–H groups in total. The Morgan fingerprint density at radius 1 is 0.786 bits per heavy atom. The van der Waals surface area contributed by atoms with E-state index in [1.54, 1.807) is 0 Å². The van der Waals surface area contributed by atoms with Gasteiger partial charge in [0.05, 0.1) is 0 Å². The molecule has 0 aliphatic heterocycles. The third kappa shape index (κ3) is 11.5. The summed E-state index contributed by atoms with van der Waals surface area (Å²) in [6.45, 7) is 5.98. The first-order chi connectivity index (χ1) is 6.91. The van der Waals surface area contributed by atoms with Gasteiger partial charge in [-0.3, -0.25) is 0 Å². The quantitative estimate of drug-likeness (QED) is 0.329. The molecule has 0 rings (SSSR count). The fourth-order valence-electron chi connectivity index (χ4n) is 1.48. The number of hydrogen-bond acceptors (Lipinski definition) is 0. The number of unbranched alkanes of at least 4 members (excludes halogenated alkanes) is 7. The molecule has 0 aromatic rings. The van der Waals surface area contributed by atoms with E-state index in [-0.39, 0.29) is 0 Å². The summed E-state index contributed by atoms with van der Waals surface area (Å²) in [5, 5.41) is 0. The Hall–Kier alpha value is -0.520. The first kappa shape index (κ1) is 13.5. The third-order valence-electron chi connectivity index (χ3n) is 2.42. The Labute approximate surface area is 90.1 Å². The van der Waals surface area contributed by atoms with Gasteiger partial charge in [0, 0.05) is 0 Å². The van der Waals surface area contributed by atoms with Crippen LogP contribution in [-0.4, -0.2) is 0 Å². The van der Waals surface area contributed by atoms with E-state index in [4.69, 9.17) is 0 Å². The highest BCUT2D eigenvalue weighted by molar-refractivity contribution is 4.81. The average Bonchev–Trinajstić information content (AvgIpc) is 2.21. The van der Waals surface area contributed by atoms with Gasteiger partial charge in [0.25, 0.3) is 0 Å². The van der Waals surface area contributed by atoms with Crippen molar-refractivity contribution in [1.29, 1.82) is 0 Å². The van der Waals surface area contributed by atoms with Gasteiger partial charge in [0.2, 0.25) is 0 Å². The standard InChI is InChI=1S/C14H26/c1-3-5-7-9-11-13-14-12-10-8-6-4-2/h3,13-14H,1,4-12H2,2H3. The molecule has 0 fully saturated rings. The second-order valence-corrected chi connectivity index (χ2v) is 3.89. The zero-order valence-electron chi connectivity index (χ0n) is 9.80. The minimum atomic E-state index is 1.17. The van der Waals surface area contributed by atoms with Gasteiger partial charge >= 0.3 is 0 Å². The summed E-state index contributed by atoms with van der Waals surface area (Å²) in [6, 6.07) is 0. The first-order valence-corrected chi connectivity index (χ1v) is 6.17. The van der Waals surface area contributed by atoms with E-state index in [1.165, 1.54) is 57.8 Å². The van der Waals surface area contributed by atoms with Gasteiger partial charge in [-0.1, -0.05) is 44.4 Å². The Kier molecular flexibility index (Phi) is 12.0. The highest BCUT2D eigenvalue weighted by Gasteiger charge is 1.85. The van der Waals surface area contributed by atoms with Gasteiger partial charge in [-0.05, 0) is 38.5 Å². The monoisotopic (exact) mass is 194 g/mol. The maximum atomic E-state index is 3.72. The fourth-order valence-corrected chi connectivity index (χ4v) is 1.48. The highest BCUT2D eigenvalue weighted by atomic mass is 13.9. The molecule has 0 spiro atoms. The Morgan fingerprint density at radius 3 is 1.93 bits per heavy atom. The van der Waals surface area contributed by atoms with Crippen LogP contribution >= 0.6 is 0 Å². The lowest BCUT2D eigenvalue weighted by Gasteiger charge is -1.95. The number of hydrogen-bond donors (Lipinski definition) is 0. The Morgan fingerprint density at radius 2 is 1.36 bits per heavy atom. The molecule has 0 amide bonds. The van der Waals surface area contributed by atoms with E-state index in [1.807, 2.05) is 6.08 Å². The van der Waals surface area contributed by atoms with Crippen LogP contribution in [0.2, 0.25) is 0 Å². The second-order valence-electron chi connectivity index (χ2n) is 3.89. The van der Waals surface area contributed by atoms with E-state index >= 15 is 0 Å². The fraction of sp³-hybridized carbons (Fsp3) is 0.714. The van der Waals surface area contributed by atoms with Crippen LogP contribution in [0, 0.1) is 0 Å². The number of allylic oxidation sites excluding steroid dienone is 3. The third-order valence-corrected chi connectivity index (χ3v) is 2.42. The molecule has 0 saturated carbocycles. The Bertz CT molecular complexity index is 133. The molecule has 0 heteroatoms. The minimum absolute atomic E-state index is 1.17. The maximum Gasteiger partial charge on any atom is -0.0351 e. The van der Waals surface area contributed by atoms with E-state index < -0.39 is 0 Å². The summed E-state index contributed by atoms with van der Waals surface area (Å²) in [5.41, 5.74) is 0. The van der Waals surface area contributed by atoms with Crippen molar-refractivity contribution in [1.82, 2.24) is 0 Å². The average molecular weight is 194 g/mol. The van der Waals surface area contributed by atoms with Crippen LogP contribution in [-0.2, 0) is 0 Å². The molecule has 0 bridgehead atoms. The van der Waals surface area contributed by atoms with Crippen LogP contribution in [0.4, 0.5) is 0 Å². The van der Waals surface area contributed by atoms with E-state index in [2.05, 4.69) is 25.7 Å². The largest absolute Gasteiger partial charge is 0.103 e. The molecular formula is C14H26. The second kappa shape index (κ2) is 12.5. The zero-order valence-corrected chi connectivity index (χ0v) is 9.80. The molecule has 14 heavy (non-hydrogen) atoms. The molecule has 0 atom stereocenters. The van der Waals surface area contributed by atoms with Crippen LogP contribution < -0.4 is 0 Å². The summed E-state index contributed by atoms with van der Waals surface area (Å²) >= 11 is 0. The lowest BCUT2D eigenvalue weighted by molar-refractivity contribution is 0.673. The number of rotatable bonds is 10. The summed E-state index contributed by atoms with van der Waals surface area (Å²) in [5.74, 6) is 0. The molecule has 0 radical (unpaired) electrons. The first-order valence-electron chi connectivity index (χ1n) is 6.17. The predicted octanol–water partition coefficient (Wildman–Crippen LogP) is 5.26. The van der Waals surface area contributed by atoms with Crippen LogP contribution in [0.1, 0.15) is 64.7 Å². The zero-order chi connectivity index (χ0) is 10.5. The molecule has 0 aliphatic carbocycles. The lowest BCUT2D eigenvalue weighted by Crippen LogP contribution is -1.75. The lowest BCUT2D eigenvalue weighted by atomic mass is 10.1. The topological polar surface area (TPSA) is 0 Å². The highest BCUT2D eigenvalue weighted by Crippen LogP contribution is 2.05. The van der Waals surface area contributed by atoms with Crippen molar-refractivity contribution in [2.45, 2.75) is 64.7 Å². The van der Waals surface area contributed by atoms with Crippen molar-refractivity contribution in [3.8, 4) is 0 Å². The van der Waals surface area contributed by atoms with Crippen molar-refractivity contribution >= 4 is 0 Å². The van der Waals surface area contributed by atoms with Gasteiger partial charge in [0.1, 0.15) is 0 Å². The van der Waals surface area contributed by atoms with Crippen molar-refractivity contribution in [3.05, 3.63) is 24.8 Å². The van der Waals surface area contributed by atoms with Crippen molar-refractivity contribution in [2.24, 2.45) is 0 Å². The van der Waals surface area contributed by atoms with Gasteiger partial charge in [-0.15, -0.1) is 6.58 Å². The smallest absolute Gasteiger partial charge is 0.0351 e.